The number of ether oxygens (including phenoxy) is 1. The van der Waals surface area contributed by atoms with Gasteiger partial charge < -0.3 is 4.74 Å². The monoisotopic (exact) mass is 246 g/mol. The zero-order chi connectivity index (χ0) is 11.9. The Kier molecular flexibility index (Phi) is 2.63. The molecule has 0 aliphatic heterocycles. The summed E-state index contributed by atoms with van der Waals surface area (Å²) in [5.74, 6) is -0.718. The number of hydrogen-bond acceptors (Lipinski definition) is 3. The summed E-state index contributed by atoms with van der Waals surface area (Å²) in [6, 6.07) is 4.30. The molecule has 0 saturated heterocycles. The van der Waals surface area contributed by atoms with Crippen molar-refractivity contribution in [2.45, 2.75) is 17.6 Å². The van der Waals surface area contributed by atoms with Gasteiger partial charge in [0.2, 0.25) is 0 Å². The Hall–Kier alpha value is -1.14. The number of methoxy groups -OCH3 is 1. The van der Waals surface area contributed by atoms with E-state index in [9.17, 15) is 12.8 Å². The van der Waals surface area contributed by atoms with Gasteiger partial charge in [-0.05, 0) is 24.1 Å². The fraction of sp³-hybridized carbons (Fsp3) is 0.400. The lowest BCUT2D eigenvalue weighted by Crippen LogP contribution is -2.06. The van der Waals surface area contributed by atoms with E-state index in [1.807, 2.05) is 0 Å². The summed E-state index contributed by atoms with van der Waals surface area (Å²) in [6.07, 6.45) is 0.338. The van der Waals surface area contributed by atoms with E-state index in [0.29, 0.717) is 12.0 Å². The van der Waals surface area contributed by atoms with Gasteiger partial charge >= 0.3 is 0 Å². The van der Waals surface area contributed by atoms with Crippen LogP contribution in [0, 0.1) is 5.82 Å². The predicted molar refractivity (Wildman–Crippen MR) is 55.6 cm³/mol. The Labute approximate surface area is 92.8 Å². The first-order chi connectivity index (χ1) is 7.43. The molecular weight excluding hydrogens is 235 g/mol. The van der Waals surface area contributed by atoms with Crippen molar-refractivity contribution in [2.24, 2.45) is 0 Å². The van der Waals surface area contributed by atoms with E-state index in [-0.39, 0.29) is 11.7 Å². The zero-order valence-corrected chi connectivity index (χ0v) is 9.37. The van der Waals surface area contributed by atoms with Gasteiger partial charge in [0.05, 0.1) is 12.4 Å². The molecular formula is C10H11FO4S. The Morgan fingerprint density at radius 1 is 1.50 bits per heavy atom. The summed E-state index contributed by atoms with van der Waals surface area (Å²) >= 11 is 0. The number of rotatable bonds is 3. The van der Waals surface area contributed by atoms with E-state index in [4.69, 9.17) is 9.29 Å². The predicted octanol–water partition coefficient (Wildman–Crippen LogP) is 1.58. The largest absolute Gasteiger partial charge is 0.494 e. The fourth-order valence-electron chi connectivity index (χ4n) is 1.76. The first-order valence-electron chi connectivity index (χ1n) is 4.73. The lowest BCUT2D eigenvalue weighted by atomic mass is 10.1. The molecule has 1 aromatic rings. The van der Waals surface area contributed by atoms with E-state index in [0.717, 1.165) is 0 Å². The highest BCUT2D eigenvalue weighted by atomic mass is 32.2. The van der Waals surface area contributed by atoms with Gasteiger partial charge in [-0.2, -0.15) is 8.42 Å². The molecule has 88 valence electrons. The molecule has 2 rings (SSSR count). The molecule has 0 radical (unpaired) electrons. The standard InChI is InChI=1S/C10H11FO4S/c1-15-9-3-2-6(4-8(9)11)7-5-10(7)16(12,13)14/h2-4,7,10H,5H2,1H3,(H,12,13,14)/t7-,10+/m0/s1. The summed E-state index contributed by atoms with van der Waals surface area (Å²) < 4.78 is 48.5. The van der Waals surface area contributed by atoms with E-state index in [1.54, 1.807) is 6.07 Å². The summed E-state index contributed by atoms with van der Waals surface area (Å²) in [5.41, 5.74) is 0.570. The van der Waals surface area contributed by atoms with Gasteiger partial charge in [0.25, 0.3) is 10.1 Å². The lowest BCUT2D eigenvalue weighted by Gasteiger charge is -2.04. The highest BCUT2D eigenvalue weighted by Gasteiger charge is 2.47. The quantitative estimate of drug-likeness (QED) is 0.822. The molecule has 0 heterocycles. The van der Waals surface area contributed by atoms with Gasteiger partial charge in [-0.15, -0.1) is 0 Å². The maximum absolute atomic E-state index is 13.3. The first-order valence-corrected chi connectivity index (χ1v) is 6.23. The molecule has 2 atom stereocenters. The molecule has 1 aliphatic rings. The fourth-order valence-corrected chi connectivity index (χ4v) is 2.79. The lowest BCUT2D eigenvalue weighted by molar-refractivity contribution is 0.386. The smallest absolute Gasteiger partial charge is 0.268 e. The second kappa shape index (κ2) is 3.71. The van der Waals surface area contributed by atoms with Gasteiger partial charge in [-0.25, -0.2) is 4.39 Å². The van der Waals surface area contributed by atoms with Gasteiger partial charge in [0, 0.05) is 5.92 Å². The topological polar surface area (TPSA) is 63.6 Å². The third kappa shape index (κ3) is 2.03. The van der Waals surface area contributed by atoms with Crippen LogP contribution in [0.3, 0.4) is 0 Å². The van der Waals surface area contributed by atoms with Gasteiger partial charge in [-0.3, -0.25) is 4.55 Å². The summed E-state index contributed by atoms with van der Waals surface area (Å²) in [7, 11) is -2.65. The molecule has 0 unspecified atom stereocenters. The van der Waals surface area contributed by atoms with E-state index < -0.39 is 21.2 Å². The van der Waals surface area contributed by atoms with Crippen LogP contribution in [0.1, 0.15) is 17.9 Å². The van der Waals surface area contributed by atoms with Crippen molar-refractivity contribution in [1.29, 1.82) is 0 Å². The summed E-state index contributed by atoms with van der Waals surface area (Å²) in [6.45, 7) is 0. The van der Waals surface area contributed by atoms with Crippen LogP contribution in [-0.4, -0.2) is 25.3 Å². The Morgan fingerprint density at radius 3 is 2.62 bits per heavy atom. The third-order valence-corrected chi connectivity index (χ3v) is 4.00. The van der Waals surface area contributed by atoms with E-state index >= 15 is 0 Å². The Morgan fingerprint density at radius 2 is 2.19 bits per heavy atom. The van der Waals surface area contributed by atoms with Gasteiger partial charge in [0.1, 0.15) is 0 Å². The molecule has 6 heteroatoms. The molecule has 0 spiro atoms. The van der Waals surface area contributed by atoms with Crippen LogP contribution in [0.5, 0.6) is 5.75 Å². The number of benzene rings is 1. The average molecular weight is 246 g/mol. The maximum Gasteiger partial charge on any atom is 0.268 e. The summed E-state index contributed by atoms with van der Waals surface area (Å²) in [5, 5.41) is -0.791. The minimum atomic E-state index is -4.01. The second-order valence-electron chi connectivity index (χ2n) is 3.79. The van der Waals surface area contributed by atoms with Crippen molar-refractivity contribution in [3.63, 3.8) is 0 Å². The highest BCUT2D eigenvalue weighted by Crippen LogP contribution is 2.46. The molecule has 1 fully saturated rings. The number of hydrogen-bond donors (Lipinski definition) is 1. The molecule has 16 heavy (non-hydrogen) atoms. The van der Waals surface area contributed by atoms with E-state index in [2.05, 4.69) is 0 Å². The van der Waals surface area contributed by atoms with Crippen LogP contribution in [0.25, 0.3) is 0 Å². The maximum atomic E-state index is 13.3. The molecule has 1 aromatic carbocycles. The minimum absolute atomic E-state index is 0.118. The van der Waals surface area contributed by atoms with Crippen molar-refractivity contribution in [1.82, 2.24) is 0 Å². The normalized spacial score (nSPS) is 24.2. The summed E-state index contributed by atoms with van der Waals surface area (Å²) in [4.78, 5) is 0. The SMILES string of the molecule is COc1ccc([C@@H]2C[C@H]2S(=O)(=O)O)cc1F. The molecule has 0 bridgehead atoms. The first kappa shape index (κ1) is 11.3. The zero-order valence-electron chi connectivity index (χ0n) is 8.55. The van der Waals surface area contributed by atoms with Crippen LogP contribution in [0.2, 0.25) is 0 Å². The molecule has 1 aliphatic carbocycles. The third-order valence-electron chi connectivity index (χ3n) is 2.72. The highest BCUT2D eigenvalue weighted by molar-refractivity contribution is 7.86. The molecule has 1 saturated carbocycles. The van der Waals surface area contributed by atoms with Crippen molar-refractivity contribution in [3.05, 3.63) is 29.6 Å². The van der Waals surface area contributed by atoms with Crippen LogP contribution in [0.4, 0.5) is 4.39 Å². The van der Waals surface area contributed by atoms with Crippen LogP contribution < -0.4 is 4.74 Å². The molecule has 1 N–H and O–H groups in total. The van der Waals surface area contributed by atoms with Crippen LogP contribution in [0.15, 0.2) is 18.2 Å². The van der Waals surface area contributed by atoms with Crippen molar-refractivity contribution in [3.8, 4) is 5.75 Å². The molecule has 0 aromatic heterocycles. The van der Waals surface area contributed by atoms with Gasteiger partial charge in [-0.1, -0.05) is 6.07 Å². The molecule has 0 amide bonds. The Bertz CT molecular complexity index is 512. The van der Waals surface area contributed by atoms with Crippen molar-refractivity contribution < 1.29 is 22.1 Å². The molecule has 4 nitrogen and oxygen atoms in total. The van der Waals surface area contributed by atoms with Crippen LogP contribution in [-0.2, 0) is 10.1 Å². The van der Waals surface area contributed by atoms with Crippen molar-refractivity contribution >= 4 is 10.1 Å². The second-order valence-corrected chi connectivity index (χ2v) is 5.43. The average Bonchev–Trinajstić information content (AvgIpc) is 2.96. The number of halogens is 1. The van der Waals surface area contributed by atoms with Crippen molar-refractivity contribution in [2.75, 3.05) is 7.11 Å². The minimum Gasteiger partial charge on any atom is -0.494 e. The van der Waals surface area contributed by atoms with Crippen LogP contribution >= 0.6 is 0 Å². The Balaban J connectivity index is 2.22. The van der Waals surface area contributed by atoms with E-state index in [1.165, 1.54) is 19.2 Å². The van der Waals surface area contributed by atoms with Gasteiger partial charge in [0.15, 0.2) is 11.6 Å².